The van der Waals surface area contributed by atoms with E-state index in [1.54, 1.807) is 0 Å². The van der Waals surface area contributed by atoms with Gasteiger partial charge in [0, 0.05) is 83.5 Å². The summed E-state index contributed by atoms with van der Waals surface area (Å²) >= 11 is 6.63. The van der Waals surface area contributed by atoms with E-state index in [-0.39, 0.29) is 0 Å². The van der Waals surface area contributed by atoms with Gasteiger partial charge in [0.1, 0.15) is 5.75 Å². The number of halogens is 1. The molecule has 0 saturated carbocycles. The van der Waals surface area contributed by atoms with E-state index in [1.165, 1.54) is 27.1 Å². The zero-order valence-corrected chi connectivity index (χ0v) is 54.7. The predicted molar refractivity (Wildman–Crippen MR) is 414 cm³/mol. The van der Waals surface area contributed by atoms with E-state index in [2.05, 4.69) is 211 Å². The quantitative estimate of drug-likeness (QED) is 0.101. The van der Waals surface area contributed by atoms with Crippen LogP contribution in [0.25, 0.3) is 166 Å². The van der Waals surface area contributed by atoms with Crippen LogP contribution < -0.4 is 4.65 Å². The molecule has 4 aromatic heterocycles. The van der Waals surface area contributed by atoms with Gasteiger partial charge < -0.3 is 9.68 Å². The monoisotopic (exact) mass is 1300 g/mol. The van der Waals surface area contributed by atoms with Crippen LogP contribution in [0, 0.1) is 0 Å². The number of nitrogens with zero attached hydrogens (tertiary/aromatic N) is 6. The van der Waals surface area contributed by atoms with Crippen LogP contribution in [-0.4, -0.2) is 42.6 Å². The topological polar surface area (TPSA) is 107 Å². The first-order chi connectivity index (χ1) is 49.4. The van der Waals surface area contributed by atoms with Crippen LogP contribution in [0.1, 0.15) is 0 Å². The first-order valence-electron chi connectivity index (χ1n) is 33.0. The Balaban J connectivity index is 0.000000130. The van der Waals surface area contributed by atoms with Crippen molar-refractivity contribution in [3.63, 3.8) is 0 Å². The van der Waals surface area contributed by atoms with E-state index >= 15 is 0 Å². The minimum Gasteiger partial charge on any atom is -0.537 e. The summed E-state index contributed by atoms with van der Waals surface area (Å²) in [6, 6.07) is 116. The van der Waals surface area contributed by atoms with Crippen molar-refractivity contribution < 1.29 is 9.68 Å². The Kier molecular flexibility index (Phi) is 17.4. The molecule has 0 unspecified atom stereocenters. The van der Waals surface area contributed by atoms with Gasteiger partial charge in [-0.1, -0.05) is 279 Å². The van der Waals surface area contributed by atoms with Gasteiger partial charge in [0.05, 0.1) is 34.2 Å². The summed E-state index contributed by atoms with van der Waals surface area (Å²) in [6.07, 6.45) is 3.73. The SMILES string of the molecule is Clc1cc(-c2nc(-c3ccccc3)cc(-c3ccccc3)n2)cc(-c2nccc3ccccc23)c1.O[B]Oc1c2ccccc2cc2ccccc12.c1ccc(-c2cc(-c3ccccc3)nc(-c3cc(-c4nccc5ccccc45)cc(-c4c5ccccc5cc5ccccc45)c3)n2)cc1. The molecule has 0 aliphatic carbocycles. The van der Waals surface area contributed by atoms with Gasteiger partial charge >= 0.3 is 7.69 Å². The minimum absolute atomic E-state index is 0.613. The van der Waals surface area contributed by atoms with Crippen LogP contribution in [0.15, 0.2) is 352 Å². The Hall–Kier alpha value is -12.8. The zero-order chi connectivity index (χ0) is 67.1. The van der Waals surface area contributed by atoms with Crippen molar-refractivity contribution in [2.45, 2.75) is 0 Å². The molecule has 0 spiro atoms. The molecule has 18 aromatic rings. The molecule has 8 nitrogen and oxygen atoms in total. The highest BCUT2D eigenvalue weighted by Crippen LogP contribution is 2.43. The fourth-order valence-corrected chi connectivity index (χ4v) is 13.5. The van der Waals surface area contributed by atoms with Gasteiger partial charge in [-0.3, -0.25) is 9.97 Å². The second-order valence-corrected chi connectivity index (χ2v) is 24.7. The lowest BCUT2D eigenvalue weighted by atomic mass is 9.89. The van der Waals surface area contributed by atoms with Gasteiger partial charge in [-0.05, 0) is 127 Å². The lowest BCUT2D eigenvalue weighted by Gasteiger charge is -2.16. The van der Waals surface area contributed by atoms with E-state index in [0.717, 1.165) is 135 Å². The summed E-state index contributed by atoms with van der Waals surface area (Å²) in [5.41, 5.74) is 15.5. The van der Waals surface area contributed by atoms with E-state index in [1.807, 2.05) is 146 Å². The predicted octanol–water partition coefficient (Wildman–Crippen LogP) is 22.9. The average Bonchev–Trinajstić information content (AvgIpc) is 0.740. The highest BCUT2D eigenvalue weighted by molar-refractivity contribution is 6.31. The molecule has 100 heavy (non-hydrogen) atoms. The van der Waals surface area contributed by atoms with Gasteiger partial charge in [-0.25, -0.2) is 19.9 Å². The van der Waals surface area contributed by atoms with Gasteiger partial charge in [-0.15, -0.1) is 0 Å². The third-order valence-corrected chi connectivity index (χ3v) is 18.1. The van der Waals surface area contributed by atoms with Crippen LogP contribution in [-0.2, 0) is 0 Å². The second kappa shape index (κ2) is 28.1. The van der Waals surface area contributed by atoms with Gasteiger partial charge in [0.25, 0.3) is 0 Å². The standard InChI is InChI=1S/C45H29N3.C31H20ClN3.C14H10BO2/c1-3-14-31(15-4-1)41-29-42(32-16-5-2-6-17-32)48-45(47-41)37-27-35(26-36(28-37)44-40-22-12-7-13-30(40)23-24-46-44)43-38-20-10-8-18-33(38)25-34-19-9-11-21-39(34)43;32-26-18-24(30-27-14-8-7-9-21(27)15-16-33-30)17-25(19-26)31-34-28(22-10-3-1-4-11-22)20-29(35-31)23-12-5-2-6-13-23;16-15-17-14-12-7-3-1-5-10(12)9-11-6-2-4-8-13(11)14/h1-29H;1-20H;1-9,16H. The molecule has 0 aliphatic rings. The summed E-state index contributed by atoms with van der Waals surface area (Å²) in [4.78, 5) is 30.0. The lowest BCUT2D eigenvalue weighted by molar-refractivity contribution is 0.459. The molecule has 471 valence electrons. The molecule has 10 heteroatoms. The summed E-state index contributed by atoms with van der Waals surface area (Å²) in [5.74, 6) is 1.98. The molecular weight excluding hydrogens is 1240 g/mol. The lowest BCUT2D eigenvalue weighted by Crippen LogP contribution is -2.01. The van der Waals surface area contributed by atoms with Gasteiger partial charge in [0.15, 0.2) is 11.6 Å². The fourth-order valence-electron chi connectivity index (χ4n) is 13.2. The molecule has 1 N–H and O–H groups in total. The fraction of sp³-hybridized carbons (Fsp3) is 0. The van der Waals surface area contributed by atoms with Crippen LogP contribution in [0.5, 0.6) is 5.75 Å². The Morgan fingerprint density at radius 1 is 0.260 bits per heavy atom. The Labute approximate surface area is 584 Å². The molecule has 0 saturated heterocycles. The maximum atomic E-state index is 8.89. The maximum absolute atomic E-state index is 8.89. The molecule has 0 fully saturated rings. The molecule has 4 heterocycles. The van der Waals surface area contributed by atoms with E-state index < -0.39 is 0 Å². The number of rotatable bonds is 11. The number of hydrogen-bond acceptors (Lipinski definition) is 8. The van der Waals surface area contributed by atoms with Crippen molar-refractivity contribution >= 4 is 83.9 Å². The minimum atomic E-state index is 0.613. The second-order valence-electron chi connectivity index (χ2n) is 24.2. The molecule has 0 amide bonds. The average molecular weight is 1300 g/mol. The van der Waals surface area contributed by atoms with E-state index in [0.29, 0.717) is 22.4 Å². The molecule has 1 radical (unpaired) electrons. The van der Waals surface area contributed by atoms with Gasteiger partial charge in [-0.2, -0.15) is 0 Å². The first-order valence-corrected chi connectivity index (χ1v) is 33.4. The Morgan fingerprint density at radius 2 is 0.560 bits per heavy atom. The number of hydrogen-bond donors (Lipinski definition) is 1. The molecule has 14 aromatic carbocycles. The van der Waals surface area contributed by atoms with Crippen molar-refractivity contribution in [3.8, 4) is 107 Å². The third kappa shape index (κ3) is 12.9. The zero-order valence-electron chi connectivity index (χ0n) is 54.0. The summed E-state index contributed by atoms with van der Waals surface area (Å²) < 4.78 is 5.26. The summed E-state index contributed by atoms with van der Waals surface area (Å²) in [6.45, 7) is 0. The summed E-state index contributed by atoms with van der Waals surface area (Å²) in [7, 11) is 0.730. The number of benzene rings is 14. The molecule has 18 rings (SSSR count). The van der Waals surface area contributed by atoms with Crippen molar-refractivity contribution in [1.29, 1.82) is 0 Å². The van der Waals surface area contributed by atoms with Crippen LogP contribution in [0.3, 0.4) is 0 Å². The number of fused-ring (bicyclic) bond motifs is 6. The van der Waals surface area contributed by atoms with E-state index in [9.17, 15) is 0 Å². The molecule has 0 bridgehead atoms. The first kappa shape index (κ1) is 62.0. The highest BCUT2D eigenvalue weighted by Gasteiger charge is 2.20. The number of pyridine rings is 2. The maximum Gasteiger partial charge on any atom is 0.569 e. The molecular formula is C90H59BClN6O2. The third-order valence-electron chi connectivity index (χ3n) is 17.9. The van der Waals surface area contributed by atoms with Crippen molar-refractivity contribution in [2.24, 2.45) is 0 Å². The Bertz CT molecular complexity index is 5790. The molecule has 0 atom stereocenters. The van der Waals surface area contributed by atoms with E-state index in [4.69, 9.17) is 46.2 Å². The normalized spacial score (nSPS) is 11.1. The largest absolute Gasteiger partial charge is 0.569 e. The smallest absolute Gasteiger partial charge is 0.537 e. The Morgan fingerprint density at radius 3 is 0.960 bits per heavy atom. The van der Waals surface area contributed by atoms with Crippen molar-refractivity contribution in [3.05, 3.63) is 357 Å². The highest BCUT2D eigenvalue weighted by atomic mass is 35.5. The van der Waals surface area contributed by atoms with Crippen molar-refractivity contribution in [2.75, 3.05) is 0 Å². The van der Waals surface area contributed by atoms with Gasteiger partial charge in [0.2, 0.25) is 0 Å². The van der Waals surface area contributed by atoms with Crippen LogP contribution in [0.2, 0.25) is 5.02 Å². The summed E-state index contributed by atoms with van der Waals surface area (Å²) in [5, 5.41) is 23.0. The van der Waals surface area contributed by atoms with Crippen LogP contribution >= 0.6 is 11.6 Å². The van der Waals surface area contributed by atoms with Crippen LogP contribution in [0.4, 0.5) is 0 Å². The number of aromatic nitrogens is 6. The molecule has 0 aliphatic heterocycles. The van der Waals surface area contributed by atoms with Crippen molar-refractivity contribution in [1.82, 2.24) is 29.9 Å².